The minimum atomic E-state index is -4.92. The van der Waals surface area contributed by atoms with Gasteiger partial charge in [0.05, 0.1) is 10.8 Å². The van der Waals surface area contributed by atoms with E-state index in [1.807, 2.05) is 0 Å². The number of rotatable bonds is 0. The summed E-state index contributed by atoms with van der Waals surface area (Å²) in [6.07, 6.45) is -2.40. The first-order chi connectivity index (χ1) is 11.4. The van der Waals surface area contributed by atoms with E-state index in [1.165, 1.54) is 20.8 Å². The number of halogens is 9. The molecule has 0 heterocycles. The van der Waals surface area contributed by atoms with Gasteiger partial charge >= 0.3 is 0 Å². The third kappa shape index (κ3) is 1.99. The fourth-order valence-corrected chi connectivity index (χ4v) is 5.59. The highest BCUT2D eigenvalue weighted by Crippen LogP contribution is 2.89. The summed E-state index contributed by atoms with van der Waals surface area (Å²) in [7, 11) is 0. The first kappa shape index (κ1) is 22.7. The summed E-state index contributed by atoms with van der Waals surface area (Å²) in [4.78, 5) is 0. The van der Waals surface area contributed by atoms with Crippen LogP contribution in [0.15, 0.2) is 0 Å². The Morgan fingerprint density at radius 2 is 0.815 bits per heavy atom. The van der Waals surface area contributed by atoms with Gasteiger partial charge in [0.1, 0.15) is 5.67 Å². The molecular weight excluding hydrogens is 387 g/mol. The Labute approximate surface area is 152 Å². The standard InChI is InChI=1S/C14H16F8.C4H9F/c1-7-5-8(2)12(17,18)9(3,6-7)14(21,22)10(4,11(7,15)16)13(8,19)20;1-4(2,3)5/h5-6H2,1-4H3;1-3H3. The van der Waals surface area contributed by atoms with Gasteiger partial charge in [-0.1, -0.05) is 6.92 Å². The largest absolute Gasteiger partial charge is 0.276 e. The van der Waals surface area contributed by atoms with Crippen LogP contribution in [0.5, 0.6) is 0 Å². The van der Waals surface area contributed by atoms with Crippen LogP contribution in [0.25, 0.3) is 0 Å². The fraction of sp³-hybridized carbons (Fsp3) is 1.00. The summed E-state index contributed by atoms with van der Waals surface area (Å²) in [6.45, 7) is 6.42. The first-order valence-electron chi connectivity index (χ1n) is 8.62. The molecule has 0 aromatic rings. The summed E-state index contributed by atoms with van der Waals surface area (Å²) in [5, 5.41) is 0. The molecule has 0 saturated heterocycles. The highest BCUT2D eigenvalue weighted by atomic mass is 19.3. The zero-order chi connectivity index (χ0) is 21.9. The zero-order valence-corrected chi connectivity index (χ0v) is 16.3. The van der Waals surface area contributed by atoms with E-state index in [-0.39, 0.29) is 6.92 Å². The SMILES string of the molecule is CC(C)(C)F.CC12CC3(C)C(F)(F)C(C)(C1)C(F)(F)C(C)(C2(F)F)C3(F)F. The lowest BCUT2D eigenvalue weighted by Crippen LogP contribution is -2.91. The molecular formula is C18H25F9. The summed E-state index contributed by atoms with van der Waals surface area (Å²) in [6, 6.07) is 0. The van der Waals surface area contributed by atoms with Gasteiger partial charge in [-0.2, -0.15) is 0 Å². The smallest absolute Gasteiger partial charge is 0.245 e. The first-order valence-corrected chi connectivity index (χ1v) is 8.62. The lowest BCUT2D eigenvalue weighted by atomic mass is 9.31. The monoisotopic (exact) mass is 412 g/mol. The average molecular weight is 412 g/mol. The molecule has 2 atom stereocenters. The lowest BCUT2D eigenvalue weighted by molar-refractivity contribution is -0.533. The normalized spacial score (nSPS) is 48.0. The van der Waals surface area contributed by atoms with Crippen molar-refractivity contribution in [1.82, 2.24) is 0 Å². The van der Waals surface area contributed by atoms with Crippen molar-refractivity contribution in [2.75, 3.05) is 0 Å². The topological polar surface area (TPSA) is 0 Å². The second-order valence-corrected chi connectivity index (χ2v) is 10.1. The molecule has 0 aliphatic heterocycles. The van der Waals surface area contributed by atoms with Crippen molar-refractivity contribution in [1.29, 1.82) is 0 Å². The van der Waals surface area contributed by atoms with E-state index in [9.17, 15) is 39.5 Å². The fourth-order valence-electron chi connectivity index (χ4n) is 5.59. The molecule has 160 valence electrons. The van der Waals surface area contributed by atoms with E-state index < -0.39 is 63.9 Å². The molecule has 27 heavy (non-hydrogen) atoms. The van der Waals surface area contributed by atoms with Crippen LogP contribution < -0.4 is 0 Å². The van der Waals surface area contributed by atoms with Gasteiger partial charge < -0.3 is 0 Å². The van der Waals surface area contributed by atoms with Gasteiger partial charge in [-0.05, 0) is 54.4 Å². The van der Waals surface area contributed by atoms with Crippen LogP contribution in [0.4, 0.5) is 39.5 Å². The van der Waals surface area contributed by atoms with Crippen molar-refractivity contribution in [3.8, 4) is 0 Å². The van der Waals surface area contributed by atoms with Crippen LogP contribution in [-0.4, -0.2) is 29.4 Å². The summed E-state index contributed by atoms with van der Waals surface area (Å²) < 4.78 is 129. The van der Waals surface area contributed by atoms with E-state index >= 15 is 0 Å². The molecule has 0 aromatic carbocycles. The Kier molecular flexibility index (Phi) is 4.12. The highest BCUT2D eigenvalue weighted by molar-refractivity contribution is 5.37. The summed E-state index contributed by atoms with van der Waals surface area (Å²) in [5.41, 5.74) is -13.9. The van der Waals surface area contributed by atoms with E-state index in [2.05, 4.69) is 0 Å². The predicted molar refractivity (Wildman–Crippen MR) is 82.3 cm³/mol. The van der Waals surface area contributed by atoms with Crippen LogP contribution >= 0.6 is 0 Å². The number of hydrogen-bond donors (Lipinski definition) is 0. The molecule has 4 aliphatic carbocycles. The highest BCUT2D eigenvalue weighted by Gasteiger charge is 3.02. The maximum Gasteiger partial charge on any atom is 0.276 e. The van der Waals surface area contributed by atoms with Gasteiger partial charge in [-0.25, -0.2) is 39.5 Å². The van der Waals surface area contributed by atoms with Gasteiger partial charge in [-0.15, -0.1) is 0 Å². The molecule has 4 saturated carbocycles. The molecule has 0 aromatic heterocycles. The average Bonchev–Trinajstić information content (AvgIpc) is 2.39. The molecule has 9 heteroatoms. The quantitative estimate of drug-likeness (QED) is 0.371. The molecule has 4 aliphatic rings. The number of hydrogen-bond acceptors (Lipinski definition) is 0. The summed E-state index contributed by atoms with van der Waals surface area (Å²) >= 11 is 0. The van der Waals surface area contributed by atoms with Crippen molar-refractivity contribution in [3.63, 3.8) is 0 Å². The predicted octanol–water partition coefficient (Wildman–Crippen LogP) is 7.13. The second-order valence-electron chi connectivity index (χ2n) is 10.1. The van der Waals surface area contributed by atoms with E-state index in [4.69, 9.17) is 0 Å². The minimum absolute atomic E-state index is 0.0648. The van der Waals surface area contributed by atoms with Crippen molar-refractivity contribution in [3.05, 3.63) is 0 Å². The van der Waals surface area contributed by atoms with Crippen LogP contribution in [0.3, 0.4) is 0 Å². The van der Waals surface area contributed by atoms with Crippen LogP contribution in [0.2, 0.25) is 0 Å². The third-order valence-electron chi connectivity index (χ3n) is 6.90. The molecule has 4 fully saturated rings. The maximum atomic E-state index is 14.7. The minimum Gasteiger partial charge on any atom is -0.245 e. The Balaban J connectivity index is 0.000000465. The lowest BCUT2D eigenvalue weighted by Gasteiger charge is -2.77. The van der Waals surface area contributed by atoms with Crippen molar-refractivity contribution in [2.45, 2.75) is 90.7 Å². The molecule has 0 nitrogen and oxygen atoms in total. The third-order valence-corrected chi connectivity index (χ3v) is 6.90. The molecule has 0 amide bonds. The van der Waals surface area contributed by atoms with E-state index in [1.54, 1.807) is 0 Å². The number of alkyl halides is 9. The van der Waals surface area contributed by atoms with Crippen molar-refractivity contribution >= 4 is 0 Å². The summed E-state index contributed by atoms with van der Waals surface area (Å²) in [5.74, 6) is -18.8. The Hall–Kier alpha value is -0.630. The molecule has 0 N–H and O–H groups in total. The molecule has 4 rings (SSSR count). The van der Waals surface area contributed by atoms with Gasteiger partial charge in [0, 0.05) is 5.41 Å². The van der Waals surface area contributed by atoms with Gasteiger partial charge in [0.2, 0.25) is 0 Å². The van der Waals surface area contributed by atoms with Crippen molar-refractivity contribution < 1.29 is 39.5 Å². The van der Waals surface area contributed by atoms with Gasteiger partial charge in [0.25, 0.3) is 23.7 Å². The Morgan fingerprint density at radius 3 is 1.07 bits per heavy atom. The van der Waals surface area contributed by atoms with Crippen LogP contribution in [0.1, 0.15) is 61.3 Å². The molecule has 0 radical (unpaired) electrons. The van der Waals surface area contributed by atoms with E-state index in [0.717, 1.165) is 6.92 Å². The van der Waals surface area contributed by atoms with Crippen molar-refractivity contribution in [2.24, 2.45) is 21.7 Å². The Morgan fingerprint density at radius 1 is 0.556 bits per heavy atom. The maximum absolute atomic E-state index is 14.7. The zero-order valence-electron chi connectivity index (χ0n) is 16.3. The van der Waals surface area contributed by atoms with Gasteiger partial charge in [0.15, 0.2) is 5.41 Å². The van der Waals surface area contributed by atoms with Crippen LogP contribution in [0, 0.1) is 21.7 Å². The molecule has 2 unspecified atom stereocenters. The molecule has 4 bridgehead atoms. The molecule has 0 spiro atoms. The Bertz CT molecular complexity index is 604. The van der Waals surface area contributed by atoms with E-state index in [0.29, 0.717) is 13.8 Å². The van der Waals surface area contributed by atoms with Crippen LogP contribution in [-0.2, 0) is 0 Å². The van der Waals surface area contributed by atoms with Gasteiger partial charge in [-0.3, -0.25) is 0 Å². The second kappa shape index (κ2) is 4.91.